The molecule has 0 spiro atoms. The van der Waals surface area contributed by atoms with Crippen molar-refractivity contribution in [3.8, 4) is 5.75 Å². The highest BCUT2D eigenvalue weighted by molar-refractivity contribution is 5.77. The molecule has 1 aromatic carbocycles. The number of methoxy groups -OCH3 is 1. The van der Waals surface area contributed by atoms with Gasteiger partial charge in [-0.25, -0.2) is 5.84 Å². The Balaban J connectivity index is 3.31. The smallest absolute Gasteiger partial charge is 0.146 e. The number of nitrogen functional groups attached to an aromatic ring is 1. The Morgan fingerprint density at radius 2 is 2.12 bits per heavy atom. The van der Waals surface area contributed by atoms with Crippen LogP contribution in [0.2, 0.25) is 0 Å². The van der Waals surface area contributed by atoms with Crippen molar-refractivity contribution in [3.63, 3.8) is 0 Å². The minimum absolute atomic E-state index is 0.577. The van der Waals surface area contributed by atoms with E-state index in [1.54, 1.807) is 14.2 Å². The van der Waals surface area contributed by atoms with Crippen molar-refractivity contribution >= 4 is 17.5 Å². The normalized spacial score (nSPS) is 9.25. The molecule has 0 radical (unpaired) electrons. The molecule has 1 rings (SSSR count). The lowest BCUT2D eigenvalue weighted by atomic mass is 10.1. The third-order valence-electron chi connectivity index (χ3n) is 2.12. The summed E-state index contributed by atoms with van der Waals surface area (Å²) < 4.78 is 5.25. The number of allylic oxidation sites excluding steroid dienone is 1. The van der Waals surface area contributed by atoms with Crippen LogP contribution < -0.4 is 21.3 Å². The molecule has 0 amide bonds. The zero-order chi connectivity index (χ0) is 12.1. The number of rotatable bonds is 3. The summed E-state index contributed by atoms with van der Waals surface area (Å²) in [5.41, 5.74) is 11.1. The summed E-state index contributed by atoms with van der Waals surface area (Å²) in [6.45, 7) is 1.90. The van der Waals surface area contributed by atoms with Crippen molar-refractivity contribution in [2.45, 2.75) is 6.92 Å². The van der Waals surface area contributed by atoms with Crippen molar-refractivity contribution < 1.29 is 4.74 Å². The number of nitrogens with two attached hydrogens (primary N) is 2. The SMILES string of the molecule is CC=C=Cc1cc(N)c(N(C)N)c(OC)c1. The number of hydrazine groups is 1. The molecule has 0 unspecified atom stereocenters. The van der Waals surface area contributed by atoms with Crippen LogP contribution in [0, 0.1) is 0 Å². The van der Waals surface area contributed by atoms with Crippen molar-refractivity contribution in [3.05, 3.63) is 29.5 Å². The summed E-state index contributed by atoms with van der Waals surface area (Å²) >= 11 is 0. The summed E-state index contributed by atoms with van der Waals surface area (Å²) in [5, 5.41) is 1.44. The van der Waals surface area contributed by atoms with E-state index in [0.29, 0.717) is 17.1 Å². The molecule has 4 N–H and O–H groups in total. The van der Waals surface area contributed by atoms with E-state index in [0.717, 1.165) is 5.56 Å². The lowest BCUT2D eigenvalue weighted by Gasteiger charge is -2.18. The average Bonchev–Trinajstić information content (AvgIpc) is 2.24. The summed E-state index contributed by atoms with van der Waals surface area (Å²) in [6.07, 6.45) is 3.66. The summed E-state index contributed by atoms with van der Waals surface area (Å²) in [5.74, 6) is 6.33. The van der Waals surface area contributed by atoms with E-state index in [9.17, 15) is 0 Å². The first-order valence-corrected chi connectivity index (χ1v) is 4.93. The van der Waals surface area contributed by atoms with Crippen LogP contribution in [0.5, 0.6) is 5.75 Å². The number of hydrogen-bond donors (Lipinski definition) is 2. The Hall–Kier alpha value is -1.90. The maximum Gasteiger partial charge on any atom is 0.146 e. The standard InChI is InChI=1S/C12H17N3O/c1-4-5-6-9-7-10(13)12(15(2)14)11(8-9)16-3/h4,6-8H,13-14H2,1-3H3. The molecule has 4 nitrogen and oxygen atoms in total. The van der Waals surface area contributed by atoms with Crippen LogP contribution in [-0.2, 0) is 0 Å². The molecule has 0 aliphatic heterocycles. The fourth-order valence-corrected chi connectivity index (χ4v) is 1.45. The van der Waals surface area contributed by atoms with Gasteiger partial charge in [0.1, 0.15) is 11.4 Å². The molecule has 16 heavy (non-hydrogen) atoms. The van der Waals surface area contributed by atoms with E-state index in [4.69, 9.17) is 16.3 Å². The van der Waals surface area contributed by atoms with E-state index in [1.165, 1.54) is 5.01 Å². The fraction of sp³-hybridized carbons (Fsp3) is 0.250. The zero-order valence-corrected chi connectivity index (χ0v) is 9.82. The van der Waals surface area contributed by atoms with Gasteiger partial charge in [-0.2, -0.15) is 0 Å². The summed E-state index contributed by atoms with van der Waals surface area (Å²) in [6, 6.07) is 3.70. The molecular formula is C12H17N3O. The minimum atomic E-state index is 0.577. The van der Waals surface area contributed by atoms with E-state index in [-0.39, 0.29) is 0 Å². The summed E-state index contributed by atoms with van der Waals surface area (Å²) in [4.78, 5) is 0. The minimum Gasteiger partial charge on any atom is -0.494 e. The van der Waals surface area contributed by atoms with Crippen molar-refractivity contribution in [1.29, 1.82) is 0 Å². The Bertz CT molecular complexity index is 432. The van der Waals surface area contributed by atoms with Gasteiger partial charge in [-0.15, -0.1) is 5.73 Å². The van der Waals surface area contributed by atoms with Crippen LogP contribution in [0.25, 0.3) is 6.08 Å². The molecular weight excluding hydrogens is 202 g/mol. The van der Waals surface area contributed by atoms with Crippen molar-refractivity contribution in [2.24, 2.45) is 5.84 Å². The van der Waals surface area contributed by atoms with E-state index >= 15 is 0 Å². The molecule has 0 aromatic heterocycles. The monoisotopic (exact) mass is 219 g/mol. The molecule has 0 aliphatic carbocycles. The van der Waals surface area contributed by atoms with Gasteiger partial charge >= 0.3 is 0 Å². The average molecular weight is 219 g/mol. The highest BCUT2D eigenvalue weighted by Gasteiger charge is 2.10. The largest absolute Gasteiger partial charge is 0.494 e. The van der Waals surface area contributed by atoms with Crippen molar-refractivity contribution in [1.82, 2.24) is 0 Å². The van der Waals surface area contributed by atoms with E-state index in [2.05, 4.69) is 5.73 Å². The van der Waals surface area contributed by atoms with Gasteiger partial charge in [0.2, 0.25) is 0 Å². The van der Waals surface area contributed by atoms with Gasteiger partial charge in [0.15, 0.2) is 0 Å². The first-order valence-electron chi connectivity index (χ1n) is 4.93. The van der Waals surface area contributed by atoms with Crippen LogP contribution in [0.3, 0.4) is 0 Å². The van der Waals surface area contributed by atoms with Crippen LogP contribution in [-0.4, -0.2) is 14.2 Å². The van der Waals surface area contributed by atoms with Crippen LogP contribution >= 0.6 is 0 Å². The Morgan fingerprint density at radius 1 is 1.44 bits per heavy atom. The Morgan fingerprint density at radius 3 is 2.62 bits per heavy atom. The number of benzene rings is 1. The fourth-order valence-electron chi connectivity index (χ4n) is 1.45. The van der Waals surface area contributed by atoms with Gasteiger partial charge in [0, 0.05) is 7.05 Å². The molecule has 0 fully saturated rings. The van der Waals surface area contributed by atoms with Crippen LogP contribution in [0.1, 0.15) is 12.5 Å². The third kappa shape index (κ3) is 2.57. The first-order chi connectivity index (χ1) is 7.60. The van der Waals surface area contributed by atoms with Gasteiger partial charge in [0.25, 0.3) is 0 Å². The molecule has 86 valence electrons. The number of nitrogens with zero attached hydrogens (tertiary/aromatic N) is 1. The maximum atomic E-state index is 5.91. The molecule has 0 saturated heterocycles. The van der Waals surface area contributed by atoms with Crippen LogP contribution in [0.4, 0.5) is 11.4 Å². The summed E-state index contributed by atoms with van der Waals surface area (Å²) in [7, 11) is 3.31. The zero-order valence-electron chi connectivity index (χ0n) is 9.82. The second-order valence-electron chi connectivity index (χ2n) is 3.37. The van der Waals surface area contributed by atoms with Crippen LogP contribution in [0.15, 0.2) is 23.9 Å². The lowest BCUT2D eigenvalue weighted by molar-refractivity contribution is 0.415. The molecule has 0 aliphatic rings. The molecule has 0 saturated carbocycles. The predicted octanol–water partition coefficient (Wildman–Crippen LogP) is 1.78. The number of hydrogen-bond acceptors (Lipinski definition) is 4. The number of anilines is 2. The van der Waals surface area contributed by atoms with E-state index in [1.807, 2.05) is 31.2 Å². The maximum absolute atomic E-state index is 5.91. The van der Waals surface area contributed by atoms with Gasteiger partial charge in [-0.05, 0) is 36.8 Å². The van der Waals surface area contributed by atoms with Gasteiger partial charge in [-0.3, -0.25) is 0 Å². The molecule has 0 bridgehead atoms. The first kappa shape index (κ1) is 12.2. The van der Waals surface area contributed by atoms with E-state index < -0.39 is 0 Å². The highest BCUT2D eigenvalue weighted by atomic mass is 16.5. The Kier molecular flexibility index (Phi) is 4.00. The van der Waals surface area contributed by atoms with Gasteiger partial charge in [0.05, 0.1) is 12.8 Å². The Labute approximate surface area is 95.8 Å². The van der Waals surface area contributed by atoms with Crippen molar-refractivity contribution in [2.75, 3.05) is 24.9 Å². The molecule has 0 atom stereocenters. The molecule has 1 aromatic rings. The second kappa shape index (κ2) is 5.26. The number of ether oxygens (including phenoxy) is 1. The second-order valence-corrected chi connectivity index (χ2v) is 3.37. The highest BCUT2D eigenvalue weighted by Crippen LogP contribution is 2.34. The lowest BCUT2D eigenvalue weighted by Crippen LogP contribution is -2.26. The van der Waals surface area contributed by atoms with Gasteiger partial charge < -0.3 is 15.5 Å². The topological polar surface area (TPSA) is 64.5 Å². The third-order valence-corrected chi connectivity index (χ3v) is 2.12. The molecule has 4 heteroatoms. The van der Waals surface area contributed by atoms with Gasteiger partial charge in [-0.1, -0.05) is 0 Å². The predicted molar refractivity (Wildman–Crippen MR) is 68.2 cm³/mol. The quantitative estimate of drug-likeness (QED) is 0.352. The molecule has 0 heterocycles.